The summed E-state index contributed by atoms with van der Waals surface area (Å²) >= 11 is 0.353. The molecule has 0 aliphatic carbocycles. The summed E-state index contributed by atoms with van der Waals surface area (Å²) in [4.78, 5) is 25.0. The molecule has 2 aromatic carbocycles. The van der Waals surface area contributed by atoms with Crippen molar-refractivity contribution in [3.63, 3.8) is 0 Å². The van der Waals surface area contributed by atoms with E-state index in [1.165, 1.54) is 30.3 Å². The first-order valence-corrected chi connectivity index (χ1v) is 8.92. The third-order valence-corrected chi connectivity index (χ3v) is 4.22. The fraction of sp³-hybridized carbons (Fsp3) is 0.222. The molecule has 0 saturated carbocycles. The highest BCUT2D eigenvalue weighted by Crippen LogP contribution is 2.31. The molecule has 0 heterocycles. The molecule has 27 heavy (non-hydrogen) atoms. The molecule has 0 bridgehead atoms. The minimum atomic E-state index is -2.59. The van der Waals surface area contributed by atoms with Crippen LogP contribution in [0.4, 0.5) is 24.5 Å². The Hall–Kier alpha value is -2.52. The van der Waals surface area contributed by atoms with Crippen molar-refractivity contribution in [1.82, 2.24) is 0 Å². The lowest BCUT2D eigenvalue weighted by Gasteiger charge is -2.15. The molecule has 1 unspecified atom stereocenters. The molecule has 0 saturated heterocycles. The molecule has 3 N–H and O–H groups in total. The van der Waals surface area contributed by atoms with Crippen LogP contribution in [0.1, 0.15) is 0 Å². The quantitative estimate of drug-likeness (QED) is 0.598. The van der Waals surface area contributed by atoms with E-state index >= 15 is 0 Å². The van der Waals surface area contributed by atoms with Gasteiger partial charge in [-0.2, -0.15) is 8.78 Å². The second-order valence-corrected chi connectivity index (χ2v) is 6.82. The SMILES string of the molecule is C[NH+](CC(=O)Nc1ccc(F)cc1)CC(=O)Nc1ccccc1SC(F)F. The molecule has 0 radical (unpaired) electrons. The predicted octanol–water partition coefficient (Wildman–Crippen LogP) is 2.23. The molecule has 1 atom stereocenters. The van der Waals surface area contributed by atoms with Gasteiger partial charge in [0.2, 0.25) is 0 Å². The van der Waals surface area contributed by atoms with Crippen molar-refractivity contribution in [3.05, 3.63) is 54.3 Å². The minimum Gasteiger partial charge on any atom is -0.322 e. The van der Waals surface area contributed by atoms with Crippen molar-refractivity contribution >= 4 is 35.0 Å². The summed E-state index contributed by atoms with van der Waals surface area (Å²) in [6.45, 7) is -0.0112. The number of likely N-dealkylation sites (N-methyl/N-ethyl adjacent to an activating group) is 1. The number of nitrogens with one attached hydrogen (secondary N) is 3. The first kappa shape index (κ1) is 20.8. The lowest BCUT2D eigenvalue weighted by atomic mass is 10.3. The van der Waals surface area contributed by atoms with E-state index in [-0.39, 0.29) is 23.9 Å². The lowest BCUT2D eigenvalue weighted by molar-refractivity contribution is -0.862. The number of halogens is 3. The Morgan fingerprint density at radius 1 is 1.00 bits per heavy atom. The van der Waals surface area contributed by atoms with Gasteiger partial charge in [-0.1, -0.05) is 23.9 Å². The molecule has 0 aliphatic heterocycles. The maximum atomic E-state index is 12.9. The van der Waals surface area contributed by atoms with Crippen molar-refractivity contribution < 1.29 is 27.7 Å². The Labute approximate surface area is 158 Å². The van der Waals surface area contributed by atoms with E-state index < -0.39 is 17.5 Å². The van der Waals surface area contributed by atoms with Gasteiger partial charge in [-0.3, -0.25) is 9.59 Å². The number of anilines is 2. The van der Waals surface area contributed by atoms with E-state index in [0.717, 1.165) is 0 Å². The summed E-state index contributed by atoms with van der Waals surface area (Å²) in [5.41, 5.74) is 0.757. The first-order valence-electron chi connectivity index (χ1n) is 8.04. The van der Waals surface area contributed by atoms with E-state index in [9.17, 15) is 22.8 Å². The molecule has 2 rings (SSSR count). The Morgan fingerprint density at radius 2 is 1.59 bits per heavy atom. The van der Waals surface area contributed by atoms with Gasteiger partial charge in [0.1, 0.15) is 5.82 Å². The zero-order valence-corrected chi connectivity index (χ0v) is 15.3. The zero-order valence-electron chi connectivity index (χ0n) is 14.5. The number of rotatable bonds is 8. The van der Waals surface area contributed by atoms with Crippen LogP contribution < -0.4 is 15.5 Å². The average Bonchev–Trinajstić information content (AvgIpc) is 2.58. The topological polar surface area (TPSA) is 62.6 Å². The largest absolute Gasteiger partial charge is 0.322 e. The molecule has 0 fully saturated rings. The van der Waals surface area contributed by atoms with E-state index in [1.807, 2.05) is 0 Å². The monoisotopic (exact) mass is 398 g/mol. The maximum Gasteiger partial charge on any atom is 0.288 e. The third kappa shape index (κ3) is 7.32. The van der Waals surface area contributed by atoms with Gasteiger partial charge in [-0.05, 0) is 36.4 Å². The number of hydrogen-bond acceptors (Lipinski definition) is 3. The molecular weight excluding hydrogens is 379 g/mol. The molecular formula is C18H19F3N3O2S+. The molecule has 144 valence electrons. The number of amides is 2. The van der Waals surface area contributed by atoms with Crippen LogP contribution in [-0.2, 0) is 9.59 Å². The van der Waals surface area contributed by atoms with Gasteiger partial charge in [0.05, 0.1) is 12.7 Å². The molecule has 0 aliphatic rings. The molecule has 5 nitrogen and oxygen atoms in total. The Kier molecular flexibility index (Phi) is 7.68. The molecule has 9 heteroatoms. The number of hydrogen-bond donors (Lipinski definition) is 3. The van der Waals surface area contributed by atoms with Crippen LogP contribution in [0, 0.1) is 5.82 Å². The third-order valence-electron chi connectivity index (χ3n) is 3.43. The summed E-state index contributed by atoms with van der Waals surface area (Å²) in [6.07, 6.45) is 0. The Morgan fingerprint density at radius 3 is 2.22 bits per heavy atom. The van der Waals surface area contributed by atoms with Crippen LogP contribution in [0.15, 0.2) is 53.4 Å². The second kappa shape index (κ2) is 9.98. The Balaban J connectivity index is 1.85. The lowest BCUT2D eigenvalue weighted by Crippen LogP contribution is -3.11. The fourth-order valence-electron chi connectivity index (χ4n) is 2.31. The van der Waals surface area contributed by atoms with Crippen molar-refractivity contribution in [2.45, 2.75) is 10.7 Å². The molecule has 2 aromatic rings. The number of alkyl halides is 2. The zero-order chi connectivity index (χ0) is 19.8. The summed E-state index contributed by atoms with van der Waals surface area (Å²) in [7, 11) is 1.66. The second-order valence-electron chi connectivity index (χ2n) is 5.79. The van der Waals surface area contributed by atoms with Gasteiger partial charge < -0.3 is 15.5 Å². The smallest absolute Gasteiger partial charge is 0.288 e. The van der Waals surface area contributed by atoms with Gasteiger partial charge in [-0.15, -0.1) is 0 Å². The maximum absolute atomic E-state index is 12.9. The summed E-state index contributed by atoms with van der Waals surface area (Å²) < 4.78 is 38.0. The Bertz CT molecular complexity index is 788. The van der Waals surface area contributed by atoms with Crippen LogP contribution in [0.2, 0.25) is 0 Å². The van der Waals surface area contributed by atoms with Gasteiger partial charge in [0.25, 0.3) is 17.6 Å². The van der Waals surface area contributed by atoms with E-state index in [2.05, 4.69) is 10.6 Å². The molecule has 0 aromatic heterocycles. The van der Waals surface area contributed by atoms with Crippen molar-refractivity contribution in [1.29, 1.82) is 0 Å². The number of quaternary nitrogens is 1. The number of carbonyl (C=O) groups excluding carboxylic acids is 2. The van der Waals surface area contributed by atoms with Crippen LogP contribution in [0.5, 0.6) is 0 Å². The number of para-hydroxylation sites is 1. The summed E-state index contributed by atoms with van der Waals surface area (Å²) in [6, 6.07) is 11.6. The van der Waals surface area contributed by atoms with Crippen LogP contribution in [0.3, 0.4) is 0 Å². The van der Waals surface area contributed by atoms with Gasteiger partial charge in [-0.25, -0.2) is 4.39 Å². The summed E-state index contributed by atoms with van der Waals surface area (Å²) in [5.74, 6) is -3.73. The van der Waals surface area contributed by atoms with Crippen LogP contribution >= 0.6 is 11.8 Å². The van der Waals surface area contributed by atoms with Crippen LogP contribution in [-0.4, -0.2) is 37.7 Å². The molecule has 0 spiro atoms. The number of carbonyl (C=O) groups is 2. The van der Waals surface area contributed by atoms with Crippen molar-refractivity contribution in [2.24, 2.45) is 0 Å². The van der Waals surface area contributed by atoms with Crippen molar-refractivity contribution in [2.75, 3.05) is 30.8 Å². The van der Waals surface area contributed by atoms with E-state index in [4.69, 9.17) is 0 Å². The first-order chi connectivity index (χ1) is 12.8. The van der Waals surface area contributed by atoms with Crippen molar-refractivity contribution in [3.8, 4) is 0 Å². The van der Waals surface area contributed by atoms with Gasteiger partial charge in [0.15, 0.2) is 13.1 Å². The fourth-order valence-corrected chi connectivity index (χ4v) is 2.91. The normalized spacial score (nSPS) is 11.9. The summed E-state index contributed by atoms with van der Waals surface area (Å²) in [5, 5.41) is 5.20. The van der Waals surface area contributed by atoms with Gasteiger partial charge in [0, 0.05) is 10.6 Å². The number of thioether (sulfide) groups is 1. The highest BCUT2D eigenvalue weighted by atomic mass is 32.2. The van der Waals surface area contributed by atoms with E-state index in [0.29, 0.717) is 28.0 Å². The van der Waals surface area contributed by atoms with E-state index in [1.54, 1.807) is 25.2 Å². The average molecular weight is 398 g/mol. The predicted molar refractivity (Wildman–Crippen MR) is 98.6 cm³/mol. The number of benzene rings is 2. The molecule has 2 amide bonds. The highest BCUT2D eigenvalue weighted by Gasteiger charge is 2.16. The van der Waals surface area contributed by atoms with Crippen LogP contribution in [0.25, 0.3) is 0 Å². The van der Waals surface area contributed by atoms with Gasteiger partial charge >= 0.3 is 0 Å². The standard InChI is InChI=1S/C18H18F3N3O2S/c1-24(10-16(25)22-13-8-6-12(19)7-9-13)11-17(26)23-14-4-2-3-5-15(14)27-18(20)21/h2-9,18H,10-11H2,1H3,(H,22,25)(H,23,26)/p+1. The highest BCUT2D eigenvalue weighted by molar-refractivity contribution is 7.99. The minimum absolute atomic E-state index is 0.0121.